The van der Waals surface area contributed by atoms with Gasteiger partial charge in [0.1, 0.15) is 22.2 Å². The Morgan fingerprint density at radius 1 is 1.30 bits per heavy atom. The third-order valence-electron chi connectivity index (χ3n) is 2.83. The second kappa shape index (κ2) is 5.26. The molecular formula is C13H14FNO4S. The number of furan rings is 1. The Morgan fingerprint density at radius 2 is 2.00 bits per heavy atom. The Labute approximate surface area is 116 Å². The molecule has 0 atom stereocenters. The molecule has 1 aromatic carbocycles. The molecule has 0 aliphatic rings. The zero-order valence-electron chi connectivity index (χ0n) is 11.0. The van der Waals surface area contributed by atoms with E-state index in [1.165, 1.54) is 25.1 Å². The third kappa shape index (κ3) is 2.68. The maximum Gasteiger partial charge on any atom is 0.265 e. The molecular weight excluding hydrogens is 285 g/mol. The number of benzene rings is 1. The highest BCUT2D eigenvalue weighted by Gasteiger charge is 2.26. The SMILES string of the molecule is Cc1oc(C)c(S(=O)(=O)Nc2cccc(F)c2)c1CO. The first kappa shape index (κ1) is 14.5. The molecule has 5 nitrogen and oxygen atoms in total. The van der Waals surface area contributed by atoms with Crippen molar-refractivity contribution in [1.29, 1.82) is 0 Å². The first-order valence-electron chi connectivity index (χ1n) is 5.83. The molecule has 0 aliphatic heterocycles. The largest absolute Gasteiger partial charge is 0.465 e. The fourth-order valence-corrected chi connectivity index (χ4v) is 3.49. The highest BCUT2D eigenvalue weighted by atomic mass is 32.2. The normalized spacial score (nSPS) is 11.6. The maximum atomic E-state index is 13.1. The van der Waals surface area contributed by atoms with Crippen LogP contribution in [0.5, 0.6) is 0 Å². The van der Waals surface area contributed by atoms with Crippen LogP contribution in [0.1, 0.15) is 17.1 Å². The molecule has 1 aromatic heterocycles. The number of hydrogen-bond donors (Lipinski definition) is 2. The van der Waals surface area contributed by atoms with Crippen molar-refractivity contribution in [3.05, 3.63) is 47.2 Å². The van der Waals surface area contributed by atoms with Gasteiger partial charge in [0, 0.05) is 5.56 Å². The van der Waals surface area contributed by atoms with E-state index in [2.05, 4.69) is 4.72 Å². The van der Waals surface area contributed by atoms with Gasteiger partial charge in [-0.1, -0.05) is 6.07 Å². The van der Waals surface area contributed by atoms with Crippen LogP contribution in [0.3, 0.4) is 0 Å². The van der Waals surface area contributed by atoms with Gasteiger partial charge < -0.3 is 9.52 Å². The van der Waals surface area contributed by atoms with Crippen molar-refractivity contribution in [2.45, 2.75) is 25.3 Å². The van der Waals surface area contributed by atoms with Gasteiger partial charge in [0.05, 0.1) is 12.3 Å². The number of aliphatic hydroxyl groups excluding tert-OH is 1. The van der Waals surface area contributed by atoms with E-state index in [9.17, 15) is 17.9 Å². The zero-order valence-corrected chi connectivity index (χ0v) is 11.8. The van der Waals surface area contributed by atoms with Gasteiger partial charge in [-0.3, -0.25) is 4.72 Å². The molecule has 1 heterocycles. The highest BCUT2D eigenvalue weighted by Crippen LogP contribution is 2.28. The van der Waals surface area contributed by atoms with Crippen LogP contribution in [0, 0.1) is 19.7 Å². The summed E-state index contributed by atoms with van der Waals surface area (Å²) in [7, 11) is -3.95. The predicted molar refractivity (Wildman–Crippen MR) is 71.3 cm³/mol. The lowest BCUT2D eigenvalue weighted by Gasteiger charge is -2.08. The summed E-state index contributed by atoms with van der Waals surface area (Å²) >= 11 is 0. The van der Waals surface area contributed by atoms with Crippen LogP contribution in [0.4, 0.5) is 10.1 Å². The standard InChI is InChI=1S/C13H14FNO4S/c1-8-12(7-16)13(9(2)19-8)20(17,18)15-11-5-3-4-10(14)6-11/h3-6,15-16H,7H2,1-2H3. The van der Waals surface area contributed by atoms with Gasteiger partial charge in [-0.05, 0) is 32.0 Å². The topological polar surface area (TPSA) is 79.5 Å². The van der Waals surface area contributed by atoms with E-state index in [4.69, 9.17) is 4.42 Å². The molecule has 2 aromatic rings. The van der Waals surface area contributed by atoms with E-state index in [1.54, 1.807) is 6.92 Å². The number of aliphatic hydroxyl groups is 1. The van der Waals surface area contributed by atoms with E-state index >= 15 is 0 Å². The zero-order chi connectivity index (χ0) is 14.9. The number of rotatable bonds is 4. The average molecular weight is 299 g/mol. The van der Waals surface area contributed by atoms with Crippen LogP contribution in [-0.4, -0.2) is 13.5 Å². The number of sulfonamides is 1. The van der Waals surface area contributed by atoms with E-state index in [0.717, 1.165) is 6.07 Å². The first-order chi connectivity index (χ1) is 9.35. The molecule has 0 aliphatic carbocycles. The fourth-order valence-electron chi connectivity index (χ4n) is 2.00. The third-order valence-corrected chi connectivity index (χ3v) is 4.40. The summed E-state index contributed by atoms with van der Waals surface area (Å²) in [5.74, 6) is -0.0345. The first-order valence-corrected chi connectivity index (χ1v) is 7.31. The Morgan fingerprint density at radius 3 is 2.60 bits per heavy atom. The molecule has 2 rings (SSSR count). The molecule has 0 saturated heterocycles. The number of aryl methyl sites for hydroxylation is 2. The van der Waals surface area contributed by atoms with Gasteiger partial charge in [0.15, 0.2) is 0 Å². The minimum Gasteiger partial charge on any atom is -0.465 e. The van der Waals surface area contributed by atoms with Crippen LogP contribution in [0.2, 0.25) is 0 Å². The van der Waals surface area contributed by atoms with Crippen molar-refractivity contribution in [3.8, 4) is 0 Å². The molecule has 20 heavy (non-hydrogen) atoms. The lowest BCUT2D eigenvalue weighted by Crippen LogP contribution is -2.15. The Hall–Kier alpha value is -1.86. The van der Waals surface area contributed by atoms with Crippen LogP contribution < -0.4 is 4.72 Å². The summed E-state index contributed by atoms with van der Waals surface area (Å²) in [6.45, 7) is 2.61. The number of nitrogens with one attached hydrogen (secondary N) is 1. The maximum absolute atomic E-state index is 13.1. The molecule has 2 N–H and O–H groups in total. The molecule has 0 fully saturated rings. The Balaban J connectivity index is 2.46. The average Bonchev–Trinajstić information content (AvgIpc) is 2.63. The minimum absolute atomic E-state index is 0.104. The van der Waals surface area contributed by atoms with E-state index < -0.39 is 22.4 Å². The van der Waals surface area contributed by atoms with Crippen LogP contribution in [0.15, 0.2) is 33.6 Å². The molecule has 0 radical (unpaired) electrons. The van der Waals surface area contributed by atoms with Crippen LogP contribution in [0.25, 0.3) is 0 Å². The van der Waals surface area contributed by atoms with Crippen molar-refractivity contribution < 1.29 is 22.3 Å². The quantitative estimate of drug-likeness (QED) is 0.908. The minimum atomic E-state index is -3.95. The van der Waals surface area contributed by atoms with Gasteiger partial charge >= 0.3 is 0 Å². The van der Waals surface area contributed by atoms with Gasteiger partial charge in [-0.2, -0.15) is 0 Å². The Bertz CT molecular complexity index is 737. The predicted octanol–water partition coefficient (Wildman–Crippen LogP) is 2.33. The van der Waals surface area contributed by atoms with Gasteiger partial charge in [0.25, 0.3) is 10.0 Å². The van der Waals surface area contributed by atoms with Crippen molar-refractivity contribution in [2.24, 2.45) is 0 Å². The van der Waals surface area contributed by atoms with Gasteiger partial charge in [0.2, 0.25) is 0 Å². The highest BCUT2D eigenvalue weighted by molar-refractivity contribution is 7.92. The summed E-state index contributed by atoms with van der Waals surface area (Å²) in [6, 6.07) is 5.11. The monoisotopic (exact) mass is 299 g/mol. The molecule has 0 spiro atoms. The fraction of sp³-hybridized carbons (Fsp3) is 0.231. The number of hydrogen-bond acceptors (Lipinski definition) is 4. The molecule has 0 saturated carbocycles. The van der Waals surface area contributed by atoms with Crippen molar-refractivity contribution in [1.82, 2.24) is 0 Å². The molecule has 108 valence electrons. The molecule has 0 amide bonds. The van der Waals surface area contributed by atoms with E-state index in [1.807, 2.05) is 0 Å². The molecule has 0 bridgehead atoms. The Kier molecular flexibility index (Phi) is 3.82. The van der Waals surface area contributed by atoms with Crippen LogP contribution >= 0.6 is 0 Å². The number of anilines is 1. The molecule has 7 heteroatoms. The van der Waals surface area contributed by atoms with Crippen molar-refractivity contribution >= 4 is 15.7 Å². The summed E-state index contributed by atoms with van der Waals surface area (Å²) in [5.41, 5.74) is 0.304. The smallest absolute Gasteiger partial charge is 0.265 e. The lowest BCUT2D eigenvalue weighted by atomic mass is 10.2. The summed E-state index contributed by atoms with van der Waals surface area (Å²) in [5, 5.41) is 9.27. The summed E-state index contributed by atoms with van der Waals surface area (Å²) in [6.07, 6.45) is 0. The lowest BCUT2D eigenvalue weighted by molar-refractivity contribution is 0.276. The second-order valence-corrected chi connectivity index (χ2v) is 5.92. The van der Waals surface area contributed by atoms with Crippen LogP contribution in [-0.2, 0) is 16.6 Å². The summed E-state index contributed by atoms with van der Waals surface area (Å²) < 4.78 is 45.2. The van der Waals surface area contributed by atoms with E-state index in [0.29, 0.717) is 5.76 Å². The second-order valence-electron chi connectivity index (χ2n) is 4.30. The van der Waals surface area contributed by atoms with Gasteiger partial charge in [-0.15, -0.1) is 0 Å². The van der Waals surface area contributed by atoms with Crippen molar-refractivity contribution in [2.75, 3.05) is 4.72 Å². The van der Waals surface area contributed by atoms with Crippen molar-refractivity contribution in [3.63, 3.8) is 0 Å². The van der Waals surface area contributed by atoms with E-state index in [-0.39, 0.29) is 21.9 Å². The van der Waals surface area contributed by atoms with Gasteiger partial charge in [-0.25, -0.2) is 12.8 Å². The molecule has 0 unspecified atom stereocenters. The number of halogens is 1. The summed E-state index contributed by atoms with van der Waals surface area (Å²) in [4.78, 5) is -0.109.